The zero-order valence-corrected chi connectivity index (χ0v) is 19.1. The maximum atomic E-state index is 12.1. The van der Waals surface area contributed by atoms with E-state index in [1.807, 2.05) is 43.3 Å². The number of benzene rings is 3. The summed E-state index contributed by atoms with van der Waals surface area (Å²) in [5, 5.41) is -0.795. The standard InChI is InChI=1S/C13H11IO3S.C7H8O3S/c14-17-18(15,16)13(11-7-3-1-4-8-11)12-9-5-2-6-10-12;1-6-2-4-7(5-3-6)11(8,9)10/h1-10,13H;2-5H,1H3,(H,8,9,10). The van der Waals surface area contributed by atoms with Crippen molar-refractivity contribution in [2.24, 2.45) is 0 Å². The fourth-order valence-electron chi connectivity index (χ4n) is 2.53. The third kappa shape index (κ3) is 6.89. The van der Waals surface area contributed by atoms with E-state index >= 15 is 0 Å². The fourth-order valence-corrected chi connectivity index (χ4v) is 4.68. The van der Waals surface area contributed by atoms with Crippen LogP contribution in [0, 0.1) is 6.92 Å². The Balaban J connectivity index is 0.000000234. The van der Waals surface area contributed by atoms with Gasteiger partial charge in [-0.2, -0.15) is 19.3 Å². The van der Waals surface area contributed by atoms with Crippen molar-refractivity contribution in [3.63, 3.8) is 0 Å². The highest BCUT2D eigenvalue weighted by Gasteiger charge is 2.29. The summed E-state index contributed by atoms with van der Waals surface area (Å²) >= 11 is 1.41. The fraction of sp³-hybridized carbons (Fsp3) is 0.100. The van der Waals surface area contributed by atoms with Gasteiger partial charge in [0, 0.05) is 0 Å². The second kappa shape index (κ2) is 10.3. The molecule has 3 aromatic rings. The number of halogens is 1. The molecule has 29 heavy (non-hydrogen) atoms. The first kappa shape index (κ1) is 23.5. The Morgan fingerprint density at radius 3 is 1.52 bits per heavy atom. The summed E-state index contributed by atoms with van der Waals surface area (Å²) in [5.41, 5.74) is 2.35. The predicted molar refractivity (Wildman–Crippen MR) is 120 cm³/mol. The minimum Gasteiger partial charge on any atom is -0.282 e. The van der Waals surface area contributed by atoms with Crippen molar-refractivity contribution in [3.8, 4) is 0 Å². The van der Waals surface area contributed by atoms with Gasteiger partial charge in [0.05, 0.1) is 4.90 Å². The van der Waals surface area contributed by atoms with Crippen LogP contribution in [-0.4, -0.2) is 21.4 Å². The van der Waals surface area contributed by atoms with Crippen molar-refractivity contribution in [2.45, 2.75) is 17.1 Å². The Morgan fingerprint density at radius 1 is 0.759 bits per heavy atom. The Morgan fingerprint density at radius 2 is 1.17 bits per heavy atom. The molecule has 6 nitrogen and oxygen atoms in total. The summed E-state index contributed by atoms with van der Waals surface area (Å²) in [6.45, 7) is 1.84. The topological polar surface area (TPSA) is 97.7 Å². The van der Waals surface area contributed by atoms with Crippen molar-refractivity contribution in [2.75, 3.05) is 0 Å². The van der Waals surface area contributed by atoms with E-state index in [0.29, 0.717) is 11.1 Å². The monoisotopic (exact) mass is 546 g/mol. The molecule has 0 saturated heterocycles. The van der Waals surface area contributed by atoms with Gasteiger partial charge in [-0.1, -0.05) is 78.4 Å². The highest BCUT2D eigenvalue weighted by atomic mass is 127. The lowest BCUT2D eigenvalue weighted by atomic mass is 10.0. The molecule has 0 spiro atoms. The van der Waals surface area contributed by atoms with E-state index in [0.717, 1.165) is 5.56 Å². The van der Waals surface area contributed by atoms with Crippen LogP contribution in [0.2, 0.25) is 0 Å². The highest BCUT2D eigenvalue weighted by molar-refractivity contribution is 14.1. The van der Waals surface area contributed by atoms with Crippen LogP contribution in [0.4, 0.5) is 0 Å². The maximum absolute atomic E-state index is 12.1. The highest BCUT2D eigenvalue weighted by Crippen LogP contribution is 2.32. The van der Waals surface area contributed by atoms with Gasteiger partial charge in [0.15, 0.2) is 0 Å². The van der Waals surface area contributed by atoms with Gasteiger partial charge in [-0.05, 0) is 30.2 Å². The smallest absolute Gasteiger partial charge is 0.282 e. The van der Waals surface area contributed by atoms with Gasteiger partial charge in [0.25, 0.3) is 20.2 Å². The van der Waals surface area contributed by atoms with Gasteiger partial charge < -0.3 is 0 Å². The lowest BCUT2D eigenvalue weighted by Crippen LogP contribution is -2.14. The largest absolute Gasteiger partial charge is 0.294 e. The van der Waals surface area contributed by atoms with Crippen LogP contribution in [0.1, 0.15) is 21.9 Å². The molecule has 0 amide bonds. The van der Waals surface area contributed by atoms with Gasteiger partial charge in [0.2, 0.25) is 0 Å². The quantitative estimate of drug-likeness (QED) is 0.368. The molecule has 0 heterocycles. The maximum Gasteiger partial charge on any atom is 0.294 e. The molecule has 0 radical (unpaired) electrons. The summed E-state index contributed by atoms with van der Waals surface area (Å²) in [5.74, 6) is 0. The van der Waals surface area contributed by atoms with Crippen LogP contribution < -0.4 is 0 Å². The van der Waals surface area contributed by atoms with E-state index in [4.69, 9.17) is 4.55 Å². The van der Waals surface area contributed by atoms with Gasteiger partial charge in [-0.25, -0.2) is 0 Å². The van der Waals surface area contributed by atoms with Gasteiger partial charge in [-0.3, -0.25) is 4.55 Å². The predicted octanol–water partition coefficient (Wildman–Crippen LogP) is 4.71. The van der Waals surface area contributed by atoms with E-state index in [2.05, 4.69) is 2.51 Å². The minimum absolute atomic E-state index is 0.0666. The zero-order chi connectivity index (χ0) is 21.5. The van der Waals surface area contributed by atoms with E-state index in [1.54, 1.807) is 36.4 Å². The molecular weight excluding hydrogens is 527 g/mol. The number of aryl methyl sites for hydroxylation is 1. The molecular formula is C20H19IO6S2. The first-order chi connectivity index (χ1) is 13.6. The summed E-state index contributed by atoms with van der Waals surface area (Å²) in [7, 11) is -7.70. The molecule has 0 aromatic heterocycles. The second-order valence-corrected chi connectivity index (χ2v) is 10.1. The Hall–Kier alpha value is -1.79. The van der Waals surface area contributed by atoms with E-state index in [1.165, 1.54) is 35.1 Å². The first-order valence-electron chi connectivity index (χ1n) is 8.33. The molecule has 1 N–H and O–H groups in total. The average Bonchev–Trinajstić information content (AvgIpc) is 2.70. The van der Waals surface area contributed by atoms with Crippen LogP contribution in [0.25, 0.3) is 0 Å². The molecule has 0 saturated carbocycles. The zero-order valence-electron chi connectivity index (χ0n) is 15.3. The molecule has 0 unspecified atom stereocenters. The molecule has 9 heteroatoms. The summed E-state index contributed by atoms with van der Waals surface area (Å²) in [4.78, 5) is -0.0666. The lowest BCUT2D eigenvalue weighted by Gasteiger charge is -2.16. The van der Waals surface area contributed by atoms with Gasteiger partial charge >= 0.3 is 0 Å². The minimum atomic E-state index is -4.02. The third-order valence-corrected chi connectivity index (χ3v) is 7.57. The molecule has 3 aromatic carbocycles. The van der Waals surface area contributed by atoms with Crippen LogP contribution in [-0.2, 0) is 22.7 Å². The first-order valence-corrected chi connectivity index (χ1v) is 12.1. The molecule has 0 bridgehead atoms. The van der Waals surface area contributed by atoms with Crippen molar-refractivity contribution in [1.29, 1.82) is 0 Å². The van der Waals surface area contributed by atoms with E-state index < -0.39 is 25.5 Å². The van der Waals surface area contributed by atoms with Crippen LogP contribution >= 0.6 is 23.0 Å². The van der Waals surface area contributed by atoms with Crippen molar-refractivity contribution in [3.05, 3.63) is 102 Å². The van der Waals surface area contributed by atoms with E-state index in [-0.39, 0.29) is 4.90 Å². The number of hydrogen-bond acceptors (Lipinski definition) is 5. The molecule has 154 valence electrons. The molecule has 3 rings (SSSR count). The Bertz CT molecular complexity index is 1080. The molecule has 0 aliphatic carbocycles. The second-order valence-electron chi connectivity index (χ2n) is 6.05. The van der Waals surface area contributed by atoms with Crippen LogP contribution in [0.15, 0.2) is 89.8 Å². The van der Waals surface area contributed by atoms with Crippen LogP contribution in [0.3, 0.4) is 0 Å². The molecule has 0 aliphatic rings. The summed E-state index contributed by atoms with van der Waals surface area (Å²) in [6.07, 6.45) is 0. The number of hydrogen-bond donors (Lipinski definition) is 1. The van der Waals surface area contributed by atoms with Crippen molar-refractivity contribution < 1.29 is 23.9 Å². The Kier molecular flexibility index (Phi) is 8.34. The summed E-state index contributed by atoms with van der Waals surface area (Å²) in [6, 6.07) is 24.1. The van der Waals surface area contributed by atoms with Crippen LogP contribution in [0.5, 0.6) is 0 Å². The van der Waals surface area contributed by atoms with Crippen molar-refractivity contribution in [1.82, 2.24) is 0 Å². The third-order valence-electron chi connectivity index (χ3n) is 3.90. The normalized spacial score (nSPS) is 11.6. The molecule has 0 atom stereocenters. The van der Waals surface area contributed by atoms with Gasteiger partial charge in [-0.15, -0.1) is 0 Å². The lowest BCUT2D eigenvalue weighted by molar-refractivity contribution is 0.483. The van der Waals surface area contributed by atoms with Crippen molar-refractivity contribution >= 4 is 43.2 Å². The number of rotatable bonds is 5. The summed E-state index contributed by atoms with van der Waals surface area (Å²) < 4.78 is 58.3. The van der Waals surface area contributed by atoms with E-state index in [9.17, 15) is 16.8 Å². The average molecular weight is 546 g/mol. The molecule has 0 aliphatic heterocycles. The Labute approximate surface area is 185 Å². The SMILES string of the molecule is Cc1ccc(S(=O)(=O)O)cc1.O=S(=O)(OI)C(c1ccccc1)c1ccccc1. The van der Waals surface area contributed by atoms with Gasteiger partial charge in [0.1, 0.15) is 28.3 Å². The molecule has 0 fully saturated rings.